The Morgan fingerprint density at radius 2 is 2.14 bits per heavy atom. The van der Waals surface area contributed by atoms with E-state index in [1.54, 1.807) is 36.0 Å². The van der Waals surface area contributed by atoms with Crippen LogP contribution in [0.25, 0.3) is 0 Å². The lowest BCUT2D eigenvalue weighted by Gasteiger charge is -2.03. The van der Waals surface area contributed by atoms with Crippen LogP contribution >= 0.6 is 0 Å². The van der Waals surface area contributed by atoms with E-state index in [9.17, 15) is 9.59 Å². The molecule has 0 amide bonds. The van der Waals surface area contributed by atoms with Crippen molar-refractivity contribution in [2.75, 3.05) is 13.2 Å². The Morgan fingerprint density at radius 1 is 1.27 bits per heavy atom. The van der Waals surface area contributed by atoms with Crippen molar-refractivity contribution < 1.29 is 19.1 Å². The summed E-state index contributed by atoms with van der Waals surface area (Å²) in [6, 6.07) is 7.21. The van der Waals surface area contributed by atoms with Gasteiger partial charge in [-0.1, -0.05) is 0 Å². The van der Waals surface area contributed by atoms with Crippen molar-refractivity contribution in [2.24, 2.45) is 0 Å². The highest BCUT2D eigenvalue weighted by atomic mass is 16.5. The summed E-state index contributed by atoms with van der Waals surface area (Å²) >= 11 is 0. The zero-order valence-corrected chi connectivity index (χ0v) is 12.4. The molecule has 0 fully saturated rings. The van der Waals surface area contributed by atoms with Gasteiger partial charge in [0.1, 0.15) is 12.3 Å². The van der Waals surface area contributed by atoms with Crippen LogP contribution in [0.4, 0.5) is 0 Å². The maximum atomic E-state index is 12.5. The number of nitrogens with zero attached hydrogens (tertiary/aromatic N) is 1. The normalized spacial score (nSPS) is 12.6. The summed E-state index contributed by atoms with van der Waals surface area (Å²) in [7, 11) is 0. The molecule has 0 saturated carbocycles. The molecular formula is C17H17NO4. The number of hydrogen-bond donors (Lipinski definition) is 0. The van der Waals surface area contributed by atoms with Gasteiger partial charge in [0.25, 0.3) is 0 Å². The van der Waals surface area contributed by atoms with Crippen molar-refractivity contribution in [3.8, 4) is 5.75 Å². The topological polar surface area (TPSA) is 57.5 Å². The van der Waals surface area contributed by atoms with Crippen molar-refractivity contribution in [2.45, 2.75) is 19.9 Å². The molecule has 2 aromatic rings. The lowest BCUT2D eigenvalue weighted by Crippen LogP contribution is -2.12. The molecule has 0 saturated heterocycles. The van der Waals surface area contributed by atoms with Crippen LogP contribution in [0.15, 0.2) is 36.7 Å². The van der Waals surface area contributed by atoms with E-state index in [2.05, 4.69) is 0 Å². The summed E-state index contributed by atoms with van der Waals surface area (Å²) in [5, 5.41) is 0. The number of ketones is 1. The van der Waals surface area contributed by atoms with Crippen molar-refractivity contribution in [1.82, 2.24) is 4.57 Å². The molecule has 1 aromatic carbocycles. The Morgan fingerprint density at radius 3 is 2.95 bits per heavy atom. The standard InChI is InChI=1S/C17H17NO4/c1-2-21-16(19)11-18-7-5-14(10-18)17(20)13-3-4-15-12(9-13)6-8-22-15/h3-5,7,9-10H,2,6,8,11H2,1H3. The SMILES string of the molecule is CCOC(=O)Cn1ccc(C(=O)c2ccc3c(c2)CCO3)c1. The van der Waals surface area contributed by atoms with E-state index >= 15 is 0 Å². The quantitative estimate of drug-likeness (QED) is 0.627. The predicted octanol–water partition coefficient (Wildman–Crippen LogP) is 2.22. The van der Waals surface area contributed by atoms with Crippen molar-refractivity contribution >= 4 is 11.8 Å². The predicted molar refractivity (Wildman–Crippen MR) is 80.1 cm³/mol. The van der Waals surface area contributed by atoms with Crippen molar-refractivity contribution in [1.29, 1.82) is 0 Å². The fourth-order valence-electron chi connectivity index (χ4n) is 2.52. The van der Waals surface area contributed by atoms with Gasteiger partial charge in [0.05, 0.1) is 13.2 Å². The molecule has 1 aliphatic heterocycles. The third-order valence-corrected chi connectivity index (χ3v) is 3.58. The van der Waals surface area contributed by atoms with Crippen LogP contribution in [0, 0.1) is 0 Å². The molecule has 0 radical (unpaired) electrons. The van der Waals surface area contributed by atoms with Crippen LogP contribution in [0.5, 0.6) is 5.75 Å². The first-order valence-electron chi connectivity index (χ1n) is 7.29. The minimum atomic E-state index is -0.313. The average molecular weight is 299 g/mol. The number of esters is 1. The number of rotatable bonds is 5. The Kier molecular flexibility index (Phi) is 3.96. The molecule has 3 rings (SSSR count). The molecule has 5 heteroatoms. The fourth-order valence-corrected chi connectivity index (χ4v) is 2.52. The van der Waals surface area contributed by atoms with Gasteiger partial charge < -0.3 is 14.0 Å². The van der Waals surface area contributed by atoms with Gasteiger partial charge in [-0.3, -0.25) is 9.59 Å². The van der Waals surface area contributed by atoms with E-state index in [0.717, 1.165) is 17.7 Å². The second-order valence-electron chi connectivity index (χ2n) is 5.13. The van der Waals surface area contributed by atoms with Gasteiger partial charge in [-0.05, 0) is 36.8 Å². The van der Waals surface area contributed by atoms with E-state index in [1.807, 2.05) is 12.1 Å². The molecule has 22 heavy (non-hydrogen) atoms. The number of aromatic nitrogens is 1. The lowest BCUT2D eigenvalue weighted by molar-refractivity contribution is -0.143. The smallest absolute Gasteiger partial charge is 0.325 e. The molecule has 2 heterocycles. The molecule has 1 aromatic heterocycles. The van der Waals surface area contributed by atoms with Gasteiger partial charge in [-0.15, -0.1) is 0 Å². The first kappa shape index (κ1) is 14.4. The highest BCUT2D eigenvalue weighted by Crippen LogP contribution is 2.26. The van der Waals surface area contributed by atoms with E-state index in [4.69, 9.17) is 9.47 Å². The van der Waals surface area contributed by atoms with Crippen LogP contribution in [-0.2, 0) is 22.5 Å². The first-order chi connectivity index (χ1) is 10.7. The van der Waals surface area contributed by atoms with Crippen LogP contribution in [0.3, 0.4) is 0 Å². The van der Waals surface area contributed by atoms with Crippen molar-refractivity contribution in [3.63, 3.8) is 0 Å². The Hall–Kier alpha value is -2.56. The average Bonchev–Trinajstić information content (AvgIpc) is 3.14. The summed E-state index contributed by atoms with van der Waals surface area (Å²) in [6.07, 6.45) is 4.21. The van der Waals surface area contributed by atoms with Crippen LogP contribution in [0.2, 0.25) is 0 Å². The third-order valence-electron chi connectivity index (χ3n) is 3.58. The summed E-state index contributed by atoms with van der Waals surface area (Å²) in [5.41, 5.74) is 2.26. The van der Waals surface area contributed by atoms with E-state index in [-0.39, 0.29) is 18.3 Å². The molecule has 0 N–H and O–H groups in total. The third kappa shape index (κ3) is 2.88. The van der Waals surface area contributed by atoms with Crippen molar-refractivity contribution in [3.05, 3.63) is 53.3 Å². The number of carbonyl (C=O) groups excluding carboxylic acids is 2. The summed E-state index contributed by atoms with van der Waals surface area (Å²) < 4.78 is 12.0. The summed E-state index contributed by atoms with van der Waals surface area (Å²) in [5.74, 6) is 0.487. The maximum absolute atomic E-state index is 12.5. The first-order valence-corrected chi connectivity index (χ1v) is 7.29. The number of carbonyl (C=O) groups is 2. The molecule has 0 spiro atoms. The Bertz CT molecular complexity index is 717. The number of fused-ring (bicyclic) bond motifs is 1. The fraction of sp³-hybridized carbons (Fsp3) is 0.294. The molecule has 114 valence electrons. The van der Waals surface area contributed by atoms with Gasteiger partial charge in [-0.2, -0.15) is 0 Å². The van der Waals surface area contributed by atoms with Crippen LogP contribution in [0.1, 0.15) is 28.4 Å². The van der Waals surface area contributed by atoms with Crippen LogP contribution < -0.4 is 4.74 Å². The maximum Gasteiger partial charge on any atom is 0.325 e. The molecule has 1 aliphatic rings. The van der Waals surface area contributed by atoms with Gasteiger partial charge in [0.15, 0.2) is 5.78 Å². The summed E-state index contributed by atoms with van der Waals surface area (Å²) in [6.45, 7) is 2.89. The highest BCUT2D eigenvalue weighted by molar-refractivity contribution is 6.09. The lowest BCUT2D eigenvalue weighted by atomic mass is 10.0. The largest absolute Gasteiger partial charge is 0.493 e. The van der Waals surface area contributed by atoms with E-state index < -0.39 is 0 Å². The number of ether oxygens (including phenoxy) is 2. The zero-order chi connectivity index (χ0) is 15.5. The second kappa shape index (κ2) is 6.05. The van der Waals surface area contributed by atoms with E-state index in [1.165, 1.54) is 0 Å². The number of benzene rings is 1. The zero-order valence-electron chi connectivity index (χ0n) is 12.4. The molecule has 0 aliphatic carbocycles. The van der Waals surface area contributed by atoms with Gasteiger partial charge in [0.2, 0.25) is 0 Å². The summed E-state index contributed by atoms with van der Waals surface area (Å²) in [4.78, 5) is 23.9. The van der Waals surface area contributed by atoms with E-state index in [0.29, 0.717) is 24.3 Å². The minimum Gasteiger partial charge on any atom is -0.493 e. The Labute approximate surface area is 128 Å². The van der Waals surface area contributed by atoms with Gasteiger partial charge in [0, 0.05) is 29.9 Å². The van der Waals surface area contributed by atoms with Gasteiger partial charge in [-0.25, -0.2) is 0 Å². The van der Waals surface area contributed by atoms with Gasteiger partial charge >= 0.3 is 5.97 Å². The molecule has 5 nitrogen and oxygen atoms in total. The highest BCUT2D eigenvalue weighted by Gasteiger charge is 2.17. The molecular weight excluding hydrogens is 282 g/mol. The molecule has 0 atom stereocenters. The second-order valence-corrected chi connectivity index (χ2v) is 5.13. The monoisotopic (exact) mass is 299 g/mol. The number of hydrogen-bond acceptors (Lipinski definition) is 4. The molecule has 0 unspecified atom stereocenters. The minimum absolute atomic E-state index is 0.0580. The molecule has 0 bridgehead atoms. The van der Waals surface area contributed by atoms with Crippen LogP contribution in [-0.4, -0.2) is 29.5 Å². The Balaban J connectivity index is 1.75.